The molecule has 2 aromatic heterocycles. The first-order valence-corrected chi connectivity index (χ1v) is 6.22. The van der Waals surface area contributed by atoms with Crippen molar-refractivity contribution in [2.24, 2.45) is 7.05 Å². The number of halogens is 1. The van der Waals surface area contributed by atoms with Crippen LogP contribution in [0.5, 0.6) is 0 Å². The molecule has 0 spiro atoms. The van der Waals surface area contributed by atoms with Crippen LogP contribution >= 0.6 is 11.6 Å². The lowest BCUT2D eigenvalue weighted by Crippen LogP contribution is -2.20. The third-order valence-electron chi connectivity index (χ3n) is 2.79. The fourth-order valence-corrected chi connectivity index (χ4v) is 2.05. The summed E-state index contributed by atoms with van der Waals surface area (Å²) in [6, 6.07) is 4.60. The zero-order chi connectivity index (χ0) is 14.0. The molecule has 1 N–H and O–H groups in total. The SMILES string of the molecule is CCn1cc(NC(=O)c2cc(Cl)cn2C)ccc1=O. The average Bonchev–Trinajstić information content (AvgIpc) is 2.71. The van der Waals surface area contributed by atoms with Crippen LogP contribution in [0, 0.1) is 0 Å². The maximum atomic E-state index is 12.1. The number of aromatic nitrogens is 2. The van der Waals surface area contributed by atoms with Crippen LogP contribution in [-0.2, 0) is 13.6 Å². The summed E-state index contributed by atoms with van der Waals surface area (Å²) in [7, 11) is 1.74. The summed E-state index contributed by atoms with van der Waals surface area (Å²) >= 11 is 5.83. The molecule has 19 heavy (non-hydrogen) atoms. The summed E-state index contributed by atoms with van der Waals surface area (Å²) < 4.78 is 3.17. The number of hydrogen-bond acceptors (Lipinski definition) is 2. The molecule has 0 unspecified atom stereocenters. The Hall–Kier alpha value is -2.01. The lowest BCUT2D eigenvalue weighted by Gasteiger charge is -2.08. The molecule has 0 bridgehead atoms. The second-order valence-electron chi connectivity index (χ2n) is 4.15. The Kier molecular flexibility index (Phi) is 3.76. The lowest BCUT2D eigenvalue weighted by molar-refractivity contribution is 0.101. The summed E-state index contributed by atoms with van der Waals surface area (Å²) in [5, 5.41) is 3.24. The van der Waals surface area contributed by atoms with Gasteiger partial charge in [0.05, 0.1) is 10.7 Å². The molecule has 0 saturated carbocycles. The van der Waals surface area contributed by atoms with Gasteiger partial charge in [-0.2, -0.15) is 0 Å². The van der Waals surface area contributed by atoms with Crippen molar-refractivity contribution in [3.8, 4) is 0 Å². The van der Waals surface area contributed by atoms with E-state index in [4.69, 9.17) is 11.6 Å². The Balaban J connectivity index is 2.24. The molecule has 0 atom stereocenters. The predicted octanol–water partition coefficient (Wildman–Crippen LogP) is 2.11. The maximum absolute atomic E-state index is 12.1. The molecule has 2 heterocycles. The van der Waals surface area contributed by atoms with E-state index in [1.165, 1.54) is 10.6 Å². The van der Waals surface area contributed by atoms with Crippen molar-refractivity contribution in [3.63, 3.8) is 0 Å². The molecule has 0 aliphatic heterocycles. The number of anilines is 1. The molecule has 0 aromatic carbocycles. The number of hydrogen-bond donors (Lipinski definition) is 1. The number of aryl methyl sites for hydroxylation is 2. The van der Waals surface area contributed by atoms with Crippen LogP contribution in [0.2, 0.25) is 5.02 Å². The average molecular weight is 280 g/mol. The fourth-order valence-electron chi connectivity index (χ4n) is 1.80. The van der Waals surface area contributed by atoms with E-state index in [-0.39, 0.29) is 11.5 Å². The fraction of sp³-hybridized carbons (Fsp3) is 0.231. The van der Waals surface area contributed by atoms with E-state index in [2.05, 4.69) is 5.32 Å². The number of nitrogens with zero attached hydrogens (tertiary/aromatic N) is 2. The normalized spacial score (nSPS) is 10.5. The van der Waals surface area contributed by atoms with Gasteiger partial charge in [-0.15, -0.1) is 0 Å². The van der Waals surface area contributed by atoms with Gasteiger partial charge in [0, 0.05) is 32.1 Å². The van der Waals surface area contributed by atoms with Gasteiger partial charge in [-0.3, -0.25) is 9.59 Å². The van der Waals surface area contributed by atoms with E-state index in [0.29, 0.717) is 22.9 Å². The molecule has 6 heteroatoms. The van der Waals surface area contributed by atoms with Crippen LogP contribution in [0.1, 0.15) is 17.4 Å². The van der Waals surface area contributed by atoms with Crippen molar-refractivity contribution < 1.29 is 4.79 Å². The highest BCUT2D eigenvalue weighted by atomic mass is 35.5. The van der Waals surface area contributed by atoms with Crippen molar-refractivity contribution in [1.82, 2.24) is 9.13 Å². The Morgan fingerprint density at radius 2 is 2.11 bits per heavy atom. The summed E-state index contributed by atoms with van der Waals surface area (Å²) in [5.41, 5.74) is 0.936. The highest BCUT2D eigenvalue weighted by molar-refractivity contribution is 6.31. The molecule has 0 aliphatic rings. The molecule has 0 saturated heterocycles. The summed E-state index contributed by atoms with van der Waals surface area (Å²) in [6.07, 6.45) is 3.27. The summed E-state index contributed by atoms with van der Waals surface area (Å²) in [5.74, 6) is -0.268. The van der Waals surface area contributed by atoms with Gasteiger partial charge in [0.25, 0.3) is 11.5 Å². The number of amides is 1. The Labute approximate surface area is 115 Å². The van der Waals surface area contributed by atoms with Crippen LogP contribution in [-0.4, -0.2) is 15.0 Å². The third kappa shape index (κ3) is 2.88. The van der Waals surface area contributed by atoms with E-state index < -0.39 is 0 Å². The quantitative estimate of drug-likeness (QED) is 0.935. The van der Waals surface area contributed by atoms with Gasteiger partial charge >= 0.3 is 0 Å². The van der Waals surface area contributed by atoms with E-state index >= 15 is 0 Å². The molecular formula is C13H14ClN3O2. The smallest absolute Gasteiger partial charge is 0.272 e. The summed E-state index contributed by atoms with van der Waals surface area (Å²) in [4.78, 5) is 23.5. The zero-order valence-corrected chi connectivity index (χ0v) is 11.4. The van der Waals surface area contributed by atoms with Gasteiger partial charge in [-0.1, -0.05) is 11.6 Å². The highest BCUT2D eigenvalue weighted by Crippen LogP contribution is 2.14. The molecule has 0 fully saturated rings. The van der Waals surface area contributed by atoms with Crippen molar-refractivity contribution in [2.75, 3.05) is 5.32 Å². The van der Waals surface area contributed by atoms with E-state index in [9.17, 15) is 9.59 Å². The van der Waals surface area contributed by atoms with Crippen LogP contribution in [0.25, 0.3) is 0 Å². The third-order valence-corrected chi connectivity index (χ3v) is 2.99. The molecule has 5 nitrogen and oxygen atoms in total. The number of nitrogens with one attached hydrogen (secondary N) is 1. The van der Waals surface area contributed by atoms with Crippen LogP contribution in [0.15, 0.2) is 35.4 Å². The molecule has 0 aliphatic carbocycles. The first-order chi connectivity index (χ1) is 9.01. The van der Waals surface area contributed by atoms with Gasteiger partial charge in [-0.05, 0) is 19.1 Å². The van der Waals surface area contributed by atoms with Crippen LogP contribution in [0.4, 0.5) is 5.69 Å². The van der Waals surface area contributed by atoms with Gasteiger partial charge in [0.1, 0.15) is 5.69 Å². The zero-order valence-electron chi connectivity index (χ0n) is 10.7. The van der Waals surface area contributed by atoms with Gasteiger partial charge in [-0.25, -0.2) is 0 Å². The number of pyridine rings is 1. The molecule has 100 valence electrons. The minimum Gasteiger partial charge on any atom is -0.345 e. The van der Waals surface area contributed by atoms with Crippen LogP contribution in [0.3, 0.4) is 0 Å². The molecule has 2 aromatic rings. The van der Waals surface area contributed by atoms with Crippen molar-refractivity contribution in [3.05, 3.63) is 51.7 Å². The first kappa shape index (κ1) is 13.4. The minimum absolute atomic E-state index is 0.0950. The van der Waals surface area contributed by atoms with Crippen molar-refractivity contribution in [2.45, 2.75) is 13.5 Å². The number of carbonyl (C=O) groups is 1. The Morgan fingerprint density at radius 1 is 1.37 bits per heavy atom. The Morgan fingerprint density at radius 3 is 2.68 bits per heavy atom. The molecule has 0 radical (unpaired) electrons. The monoisotopic (exact) mass is 279 g/mol. The largest absolute Gasteiger partial charge is 0.345 e. The lowest BCUT2D eigenvalue weighted by atomic mass is 10.3. The van der Waals surface area contributed by atoms with Gasteiger partial charge in [0.2, 0.25) is 0 Å². The van der Waals surface area contributed by atoms with Gasteiger partial charge < -0.3 is 14.5 Å². The molecule has 2 rings (SSSR count). The van der Waals surface area contributed by atoms with E-state index in [1.54, 1.807) is 36.1 Å². The van der Waals surface area contributed by atoms with E-state index in [0.717, 1.165) is 0 Å². The topological polar surface area (TPSA) is 56.0 Å². The van der Waals surface area contributed by atoms with Gasteiger partial charge in [0.15, 0.2) is 0 Å². The van der Waals surface area contributed by atoms with Crippen molar-refractivity contribution >= 4 is 23.2 Å². The second-order valence-corrected chi connectivity index (χ2v) is 4.59. The predicted molar refractivity (Wildman–Crippen MR) is 74.8 cm³/mol. The summed E-state index contributed by atoms with van der Waals surface area (Å²) in [6.45, 7) is 2.42. The molecular weight excluding hydrogens is 266 g/mol. The number of rotatable bonds is 3. The second kappa shape index (κ2) is 5.32. The Bertz CT molecular complexity index is 673. The van der Waals surface area contributed by atoms with Crippen molar-refractivity contribution in [1.29, 1.82) is 0 Å². The number of carbonyl (C=O) groups excluding carboxylic acids is 1. The van der Waals surface area contributed by atoms with Crippen LogP contribution < -0.4 is 10.9 Å². The maximum Gasteiger partial charge on any atom is 0.272 e. The van der Waals surface area contributed by atoms with E-state index in [1.807, 2.05) is 6.92 Å². The highest BCUT2D eigenvalue weighted by Gasteiger charge is 2.11. The first-order valence-electron chi connectivity index (χ1n) is 5.85. The molecule has 1 amide bonds. The minimum atomic E-state index is -0.268. The standard InChI is InChI=1S/C13H14ClN3O2/c1-3-17-8-10(4-5-12(17)18)15-13(19)11-6-9(14)7-16(11)2/h4-8H,3H2,1-2H3,(H,15,19).